The summed E-state index contributed by atoms with van der Waals surface area (Å²) >= 11 is 9.07. The zero-order valence-corrected chi connectivity index (χ0v) is 21.4. The number of nitrogens with zero attached hydrogens (tertiary/aromatic N) is 2. The highest BCUT2D eigenvalue weighted by atomic mass is 35.5. The molecule has 1 N–H and O–H groups in total. The Hall–Kier alpha value is -1.55. The molecule has 0 saturated carbocycles. The van der Waals surface area contributed by atoms with Gasteiger partial charge in [-0.3, -0.25) is 9.29 Å². The topological polar surface area (TPSA) is 81.1 Å². The summed E-state index contributed by atoms with van der Waals surface area (Å²) in [5.41, 5.74) is 0.886. The quantitative estimate of drug-likeness (QED) is 0.401. The lowest BCUT2D eigenvalue weighted by molar-refractivity contribution is 0.382. The number of aromatic nitrogens is 2. The normalized spacial score (nSPS) is 12.5. The number of nitrogens with one attached hydrogen (secondary N) is 1. The van der Waals surface area contributed by atoms with E-state index in [1.807, 2.05) is 13.8 Å². The van der Waals surface area contributed by atoms with Crippen LogP contribution in [0.4, 0.5) is 5.82 Å². The van der Waals surface area contributed by atoms with E-state index in [1.54, 1.807) is 23.1 Å². The number of halogens is 1. The summed E-state index contributed by atoms with van der Waals surface area (Å²) in [6.45, 7) is 10.4. The summed E-state index contributed by atoms with van der Waals surface area (Å²) in [5.74, 6) is 0.896. The Morgan fingerprint density at radius 3 is 2.48 bits per heavy atom. The standard InChI is InChI=1S/C21H26ClN3O3S3/c1-6-11-21(4,5)12-29-19-17-18(23-20(26)25(17)13(2)14(3)30-19)24-31(27,28)16-9-7-15(22)8-10-16/h7-10H,6,11-12H2,1-5H3,(H,23,24,26). The van der Waals surface area contributed by atoms with E-state index < -0.39 is 15.7 Å². The van der Waals surface area contributed by atoms with Crippen LogP contribution in [0.15, 0.2) is 38.2 Å². The molecule has 31 heavy (non-hydrogen) atoms. The average Bonchev–Trinajstić information content (AvgIpc) is 2.99. The van der Waals surface area contributed by atoms with Gasteiger partial charge in [-0.15, -0.1) is 23.1 Å². The van der Waals surface area contributed by atoms with Crippen LogP contribution >= 0.6 is 34.7 Å². The van der Waals surface area contributed by atoms with Crippen LogP contribution < -0.4 is 10.4 Å². The molecule has 0 spiro atoms. The fourth-order valence-corrected chi connectivity index (χ4v) is 7.01. The van der Waals surface area contributed by atoms with Crippen molar-refractivity contribution in [2.24, 2.45) is 5.41 Å². The molecule has 1 aromatic carbocycles. The number of benzene rings is 1. The molecule has 0 amide bonds. The van der Waals surface area contributed by atoms with Gasteiger partial charge in [0.25, 0.3) is 10.0 Å². The third kappa shape index (κ3) is 5.27. The summed E-state index contributed by atoms with van der Waals surface area (Å²) in [4.78, 5) is 17.8. The molecule has 0 aromatic heterocycles. The number of anilines is 1. The van der Waals surface area contributed by atoms with Crippen LogP contribution in [0.1, 0.15) is 44.2 Å². The third-order valence-corrected chi connectivity index (χ3v) is 9.58. The molecule has 0 bridgehead atoms. The molecule has 0 aliphatic carbocycles. The number of imidazole rings is 1. The molecular formula is C21H26ClN3O3S3. The maximum absolute atomic E-state index is 12.9. The predicted octanol–water partition coefficient (Wildman–Crippen LogP) is 5.72. The molecule has 6 nitrogen and oxygen atoms in total. The summed E-state index contributed by atoms with van der Waals surface area (Å²) in [7, 11) is -3.93. The van der Waals surface area contributed by atoms with Crippen molar-refractivity contribution < 1.29 is 8.42 Å². The second-order valence-electron chi connectivity index (χ2n) is 8.22. The van der Waals surface area contributed by atoms with E-state index in [1.165, 1.54) is 28.8 Å². The monoisotopic (exact) mass is 499 g/mol. The molecular weight excluding hydrogens is 474 g/mol. The van der Waals surface area contributed by atoms with Gasteiger partial charge in [0, 0.05) is 21.3 Å². The van der Waals surface area contributed by atoms with Crippen LogP contribution in [-0.2, 0) is 10.0 Å². The molecule has 2 heterocycles. The zero-order valence-electron chi connectivity index (χ0n) is 18.2. The number of rotatable bonds is 8. The van der Waals surface area contributed by atoms with Crippen LogP contribution in [-0.4, -0.2) is 23.7 Å². The van der Waals surface area contributed by atoms with Crippen molar-refractivity contribution in [1.29, 1.82) is 0 Å². The maximum atomic E-state index is 12.9. The molecule has 168 valence electrons. The van der Waals surface area contributed by atoms with Crippen LogP contribution in [0, 0.1) is 19.3 Å². The number of thioether (sulfide) groups is 1. The van der Waals surface area contributed by atoms with Gasteiger partial charge in [-0.2, -0.15) is 4.98 Å². The second kappa shape index (κ2) is 9.13. The number of sulfonamides is 1. The van der Waals surface area contributed by atoms with Crippen molar-refractivity contribution in [2.75, 3.05) is 10.5 Å². The maximum Gasteiger partial charge on any atom is 0.354 e. The molecule has 0 saturated heterocycles. The molecule has 1 aromatic rings. The number of aryl methyl sites for hydroxylation is 1. The van der Waals surface area contributed by atoms with Crippen LogP contribution in [0.3, 0.4) is 0 Å². The van der Waals surface area contributed by atoms with Crippen molar-refractivity contribution in [3.05, 3.63) is 50.3 Å². The van der Waals surface area contributed by atoms with E-state index in [2.05, 4.69) is 30.5 Å². The van der Waals surface area contributed by atoms with Crippen molar-refractivity contribution in [1.82, 2.24) is 9.55 Å². The highest BCUT2D eigenvalue weighted by Gasteiger charge is 2.28. The Morgan fingerprint density at radius 1 is 1.23 bits per heavy atom. The van der Waals surface area contributed by atoms with Gasteiger partial charge in [0.05, 0.1) is 9.10 Å². The fourth-order valence-electron chi connectivity index (χ4n) is 3.30. The molecule has 0 radical (unpaired) electrons. The third-order valence-electron chi connectivity index (χ3n) is 5.01. The average molecular weight is 500 g/mol. The van der Waals surface area contributed by atoms with Gasteiger partial charge in [-0.1, -0.05) is 38.8 Å². The lowest BCUT2D eigenvalue weighted by atomic mass is 9.91. The number of hydrogen-bond acceptors (Lipinski definition) is 6. The minimum Gasteiger partial charge on any atom is -0.261 e. The first-order valence-corrected chi connectivity index (χ1v) is 13.6. The smallest absolute Gasteiger partial charge is 0.261 e. The van der Waals surface area contributed by atoms with Crippen molar-refractivity contribution >= 4 is 50.5 Å². The SMILES string of the molecule is CCCC(C)(C)CSc1sc(C)c(C)n2c(=O)nc(NS(=O)(=O)c3ccc(Cl)cc3)c1-2. The van der Waals surface area contributed by atoms with E-state index in [0.29, 0.717) is 10.7 Å². The van der Waals surface area contributed by atoms with Crippen LogP contribution in [0.5, 0.6) is 0 Å². The van der Waals surface area contributed by atoms with E-state index in [9.17, 15) is 13.2 Å². The van der Waals surface area contributed by atoms with Crippen LogP contribution in [0.25, 0.3) is 5.69 Å². The van der Waals surface area contributed by atoms with E-state index in [0.717, 1.165) is 33.4 Å². The summed E-state index contributed by atoms with van der Waals surface area (Å²) in [5, 5.41) is 0.439. The van der Waals surface area contributed by atoms with E-state index >= 15 is 0 Å². The van der Waals surface area contributed by atoms with Crippen molar-refractivity contribution in [3.8, 4) is 5.69 Å². The Labute approximate surface area is 196 Å². The Balaban J connectivity index is 2.06. The largest absolute Gasteiger partial charge is 0.354 e. The zero-order chi connectivity index (χ0) is 23.0. The molecule has 10 heteroatoms. The predicted molar refractivity (Wildman–Crippen MR) is 130 cm³/mol. The minimum absolute atomic E-state index is 0.0510. The van der Waals surface area contributed by atoms with Crippen molar-refractivity contribution in [2.45, 2.75) is 56.6 Å². The highest BCUT2D eigenvalue weighted by Crippen LogP contribution is 2.41. The first kappa shape index (κ1) is 24.1. The molecule has 0 unspecified atom stereocenters. The highest BCUT2D eigenvalue weighted by molar-refractivity contribution is 8.01. The van der Waals surface area contributed by atoms with E-state index in [4.69, 9.17) is 11.6 Å². The van der Waals surface area contributed by atoms with Gasteiger partial charge in [-0.05, 0) is 49.9 Å². The van der Waals surface area contributed by atoms with Crippen molar-refractivity contribution in [3.63, 3.8) is 0 Å². The van der Waals surface area contributed by atoms with Crippen LogP contribution in [0.2, 0.25) is 5.02 Å². The minimum atomic E-state index is -3.93. The fraction of sp³-hybridized carbons (Fsp3) is 0.429. The Kier molecular flexibility index (Phi) is 7.10. The van der Waals surface area contributed by atoms with Gasteiger partial charge in [0.2, 0.25) is 0 Å². The summed E-state index contributed by atoms with van der Waals surface area (Å²) in [6, 6.07) is 5.85. The molecule has 0 fully saturated rings. The van der Waals surface area contributed by atoms with Gasteiger partial charge < -0.3 is 0 Å². The number of fused-ring (bicyclic) bond motifs is 1. The lowest BCUT2D eigenvalue weighted by Crippen LogP contribution is -2.18. The summed E-state index contributed by atoms with van der Waals surface area (Å²) in [6.07, 6.45) is 2.16. The second-order valence-corrected chi connectivity index (χ2v) is 12.8. The lowest BCUT2D eigenvalue weighted by Gasteiger charge is -2.24. The molecule has 3 rings (SSSR count). The van der Waals surface area contributed by atoms with Gasteiger partial charge in [0.15, 0.2) is 5.82 Å². The Bertz CT molecular complexity index is 1220. The first-order valence-electron chi connectivity index (χ1n) is 9.89. The molecule has 2 aliphatic rings. The van der Waals surface area contributed by atoms with E-state index in [-0.39, 0.29) is 16.1 Å². The van der Waals surface area contributed by atoms with Gasteiger partial charge in [-0.25, -0.2) is 13.2 Å². The van der Waals surface area contributed by atoms with Gasteiger partial charge in [0.1, 0.15) is 5.69 Å². The van der Waals surface area contributed by atoms with Gasteiger partial charge >= 0.3 is 5.69 Å². The molecule has 2 aliphatic heterocycles. The summed E-state index contributed by atoms with van der Waals surface area (Å²) < 4.78 is 30.7. The number of hydrogen-bond donors (Lipinski definition) is 1. The molecule has 0 atom stereocenters. The first-order chi connectivity index (χ1) is 14.4. The Morgan fingerprint density at radius 2 is 1.87 bits per heavy atom.